The van der Waals surface area contributed by atoms with Gasteiger partial charge >= 0.3 is 0 Å². The average Bonchev–Trinajstić information content (AvgIpc) is 2.48. The van der Waals surface area contributed by atoms with E-state index >= 15 is 0 Å². The third-order valence-corrected chi connectivity index (χ3v) is 4.69. The molecule has 2 rings (SSSR count). The van der Waals surface area contributed by atoms with Crippen molar-refractivity contribution in [2.45, 2.75) is 37.7 Å². The number of carbonyl (C=O) groups excluding carboxylic acids is 1. The minimum atomic E-state index is -0.0818. The predicted molar refractivity (Wildman–Crippen MR) is 88.0 cm³/mol. The van der Waals surface area contributed by atoms with Crippen LogP contribution in [0.1, 0.15) is 37.0 Å². The molecule has 0 N–H and O–H groups in total. The number of halogens is 1. The fourth-order valence-corrected chi connectivity index (χ4v) is 3.03. The SMILES string of the molecule is COCCCOSc1cc2c(cc1Cl)C(=O)CC(C(C)C)O2. The highest BCUT2D eigenvalue weighted by atomic mass is 35.5. The summed E-state index contributed by atoms with van der Waals surface area (Å²) < 4.78 is 16.4. The summed E-state index contributed by atoms with van der Waals surface area (Å²) in [5.74, 6) is 0.968. The van der Waals surface area contributed by atoms with E-state index in [1.807, 2.05) is 13.8 Å². The zero-order valence-electron chi connectivity index (χ0n) is 13.1. The smallest absolute Gasteiger partial charge is 0.170 e. The van der Waals surface area contributed by atoms with Crippen molar-refractivity contribution in [1.82, 2.24) is 0 Å². The van der Waals surface area contributed by atoms with Crippen LogP contribution in [0.2, 0.25) is 5.02 Å². The second-order valence-corrected chi connectivity index (χ2v) is 6.81. The Morgan fingerprint density at radius 1 is 1.41 bits per heavy atom. The second-order valence-electron chi connectivity index (χ2n) is 5.56. The van der Waals surface area contributed by atoms with Gasteiger partial charge in [-0.25, -0.2) is 0 Å². The van der Waals surface area contributed by atoms with Crippen LogP contribution in [0.25, 0.3) is 0 Å². The van der Waals surface area contributed by atoms with Crippen LogP contribution < -0.4 is 4.74 Å². The molecular formula is C16H21ClO4S. The van der Waals surface area contributed by atoms with Gasteiger partial charge in [0.05, 0.1) is 22.1 Å². The van der Waals surface area contributed by atoms with Crippen LogP contribution in [0.15, 0.2) is 17.0 Å². The molecule has 0 aliphatic carbocycles. The lowest BCUT2D eigenvalue weighted by molar-refractivity contribution is 0.0771. The summed E-state index contributed by atoms with van der Waals surface area (Å²) in [6.07, 6.45) is 1.14. The zero-order valence-corrected chi connectivity index (χ0v) is 14.6. The van der Waals surface area contributed by atoms with E-state index in [2.05, 4.69) is 0 Å². The third-order valence-electron chi connectivity index (χ3n) is 3.47. The standard InChI is InChI=1S/C16H21ClO4S/c1-10(2)14-8-13(18)11-7-12(17)16(9-15(11)21-14)22-20-6-4-5-19-3/h7,9-10,14H,4-6,8H2,1-3H3. The molecule has 1 unspecified atom stereocenters. The van der Waals surface area contributed by atoms with Gasteiger partial charge in [0.15, 0.2) is 5.78 Å². The molecule has 0 saturated heterocycles. The summed E-state index contributed by atoms with van der Waals surface area (Å²) in [6.45, 7) is 5.33. The molecule has 122 valence electrons. The molecular weight excluding hydrogens is 324 g/mol. The van der Waals surface area contributed by atoms with E-state index in [0.29, 0.717) is 36.0 Å². The average molecular weight is 345 g/mol. The topological polar surface area (TPSA) is 44.8 Å². The van der Waals surface area contributed by atoms with Crippen LogP contribution in [0.4, 0.5) is 0 Å². The highest BCUT2D eigenvalue weighted by molar-refractivity contribution is 7.94. The highest BCUT2D eigenvalue weighted by Crippen LogP contribution is 2.38. The molecule has 0 radical (unpaired) electrons. The van der Waals surface area contributed by atoms with E-state index < -0.39 is 0 Å². The highest BCUT2D eigenvalue weighted by Gasteiger charge is 2.29. The van der Waals surface area contributed by atoms with Crippen molar-refractivity contribution in [1.29, 1.82) is 0 Å². The number of carbonyl (C=O) groups is 1. The monoisotopic (exact) mass is 344 g/mol. The number of Topliss-reactive ketones (excluding diaryl/α,β-unsaturated/α-hetero) is 1. The van der Waals surface area contributed by atoms with Crippen molar-refractivity contribution in [3.8, 4) is 5.75 Å². The number of methoxy groups -OCH3 is 1. The number of rotatable bonds is 7. The van der Waals surface area contributed by atoms with Crippen LogP contribution in [-0.2, 0) is 8.92 Å². The van der Waals surface area contributed by atoms with E-state index in [0.717, 1.165) is 11.3 Å². The van der Waals surface area contributed by atoms with Crippen molar-refractivity contribution in [2.75, 3.05) is 20.3 Å². The molecule has 1 atom stereocenters. The molecule has 22 heavy (non-hydrogen) atoms. The number of ketones is 1. The van der Waals surface area contributed by atoms with E-state index in [-0.39, 0.29) is 17.8 Å². The Morgan fingerprint density at radius 3 is 2.86 bits per heavy atom. The number of hydrogen-bond acceptors (Lipinski definition) is 5. The quantitative estimate of drug-likeness (QED) is 0.542. The Morgan fingerprint density at radius 2 is 2.18 bits per heavy atom. The number of hydrogen-bond donors (Lipinski definition) is 0. The van der Waals surface area contributed by atoms with Crippen LogP contribution in [0.5, 0.6) is 5.75 Å². The first kappa shape index (κ1) is 17.6. The van der Waals surface area contributed by atoms with Gasteiger partial charge < -0.3 is 13.7 Å². The molecule has 0 amide bonds. The molecule has 6 heteroatoms. The predicted octanol–water partition coefficient (Wildman–Crippen LogP) is 4.39. The first-order valence-corrected chi connectivity index (χ1v) is 8.46. The molecule has 1 aromatic rings. The number of benzene rings is 1. The summed E-state index contributed by atoms with van der Waals surface area (Å²) in [4.78, 5) is 13.0. The largest absolute Gasteiger partial charge is 0.489 e. The Labute approximate surface area is 140 Å². The number of ether oxygens (including phenoxy) is 2. The van der Waals surface area contributed by atoms with Gasteiger partial charge in [-0.05, 0) is 24.5 Å². The van der Waals surface area contributed by atoms with Crippen molar-refractivity contribution in [2.24, 2.45) is 5.92 Å². The molecule has 0 fully saturated rings. The molecule has 0 aromatic heterocycles. The Bertz CT molecular complexity index is 533. The summed E-state index contributed by atoms with van der Waals surface area (Å²) in [5, 5.41) is 0.510. The minimum absolute atomic E-state index is 0.0818. The molecule has 0 spiro atoms. The van der Waals surface area contributed by atoms with Gasteiger partial charge in [-0.3, -0.25) is 4.79 Å². The van der Waals surface area contributed by atoms with Crippen LogP contribution in [-0.4, -0.2) is 32.2 Å². The first-order chi connectivity index (χ1) is 10.5. The van der Waals surface area contributed by atoms with Gasteiger partial charge in [0.1, 0.15) is 11.9 Å². The Balaban J connectivity index is 2.08. The summed E-state index contributed by atoms with van der Waals surface area (Å²) >= 11 is 7.43. The van der Waals surface area contributed by atoms with Crippen molar-refractivity contribution >= 4 is 29.4 Å². The maximum Gasteiger partial charge on any atom is 0.170 e. The van der Waals surface area contributed by atoms with E-state index in [1.54, 1.807) is 19.2 Å². The summed E-state index contributed by atoms with van der Waals surface area (Å²) in [6, 6.07) is 3.47. The fraction of sp³-hybridized carbons (Fsp3) is 0.562. The van der Waals surface area contributed by atoms with Crippen LogP contribution >= 0.6 is 23.6 Å². The Hall–Kier alpha value is -0.750. The van der Waals surface area contributed by atoms with Crippen LogP contribution in [0, 0.1) is 5.92 Å². The zero-order chi connectivity index (χ0) is 16.1. The van der Waals surface area contributed by atoms with Gasteiger partial charge in [0.25, 0.3) is 0 Å². The fourth-order valence-electron chi connectivity index (χ4n) is 2.15. The van der Waals surface area contributed by atoms with E-state index in [9.17, 15) is 4.79 Å². The maximum absolute atomic E-state index is 12.2. The molecule has 1 heterocycles. The van der Waals surface area contributed by atoms with Crippen molar-refractivity contribution in [3.63, 3.8) is 0 Å². The molecule has 1 aliphatic heterocycles. The maximum atomic E-state index is 12.2. The Kier molecular flexibility index (Phi) is 6.56. The normalized spacial score (nSPS) is 17.5. The first-order valence-electron chi connectivity index (χ1n) is 7.34. The lowest BCUT2D eigenvalue weighted by atomic mass is 9.94. The number of fused-ring (bicyclic) bond motifs is 1. The summed E-state index contributed by atoms with van der Waals surface area (Å²) in [7, 11) is 1.66. The lowest BCUT2D eigenvalue weighted by Crippen LogP contribution is -2.31. The van der Waals surface area contributed by atoms with Gasteiger partial charge in [-0.1, -0.05) is 25.4 Å². The van der Waals surface area contributed by atoms with E-state index in [4.69, 9.17) is 25.3 Å². The molecule has 4 nitrogen and oxygen atoms in total. The molecule has 0 bridgehead atoms. The molecule has 1 aliphatic rings. The van der Waals surface area contributed by atoms with Gasteiger partial charge in [0.2, 0.25) is 0 Å². The molecule has 1 aromatic carbocycles. The van der Waals surface area contributed by atoms with Gasteiger partial charge in [-0.2, -0.15) is 0 Å². The second kappa shape index (κ2) is 8.20. The van der Waals surface area contributed by atoms with Crippen LogP contribution in [0.3, 0.4) is 0 Å². The summed E-state index contributed by atoms with van der Waals surface area (Å²) in [5.41, 5.74) is 0.561. The van der Waals surface area contributed by atoms with E-state index in [1.165, 1.54) is 12.0 Å². The van der Waals surface area contributed by atoms with Gasteiger partial charge in [-0.15, -0.1) is 0 Å². The van der Waals surface area contributed by atoms with Gasteiger partial charge in [0, 0.05) is 32.2 Å². The molecule has 0 saturated carbocycles. The van der Waals surface area contributed by atoms with Crippen molar-refractivity contribution in [3.05, 3.63) is 22.7 Å². The minimum Gasteiger partial charge on any atom is -0.489 e. The lowest BCUT2D eigenvalue weighted by Gasteiger charge is -2.28. The van der Waals surface area contributed by atoms with Crippen molar-refractivity contribution < 1.29 is 18.5 Å². The third kappa shape index (κ3) is 4.38.